The highest BCUT2D eigenvalue weighted by Gasteiger charge is 2.48. The van der Waals surface area contributed by atoms with Crippen LogP contribution in [0.15, 0.2) is 72.6 Å². The number of benzene rings is 2. The van der Waals surface area contributed by atoms with E-state index >= 15 is 0 Å². The average Bonchev–Trinajstić information content (AvgIpc) is 3.05. The number of carbonyl (C=O) groups excluding carboxylic acids is 2. The van der Waals surface area contributed by atoms with Crippen LogP contribution in [0.1, 0.15) is 17.2 Å². The molecular weight excluding hydrogens is 424 g/mol. The van der Waals surface area contributed by atoms with Crippen LogP contribution < -0.4 is 4.90 Å². The van der Waals surface area contributed by atoms with E-state index in [0.717, 1.165) is 4.90 Å². The summed E-state index contributed by atoms with van der Waals surface area (Å²) in [4.78, 5) is 45.4. The molecule has 1 aromatic heterocycles. The number of aliphatic hydroxyl groups is 1. The van der Waals surface area contributed by atoms with Crippen LogP contribution in [-0.4, -0.2) is 31.7 Å². The monoisotopic (exact) mass is 436 g/mol. The number of Topliss-reactive ketones (excluding diaryl/α,β-unsaturated/α-hetero) is 1. The summed E-state index contributed by atoms with van der Waals surface area (Å²) >= 11 is 5.90. The van der Waals surface area contributed by atoms with E-state index in [1.54, 1.807) is 6.07 Å². The predicted octanol–water partition coefficient (Wildman–Crippen LogP) is 3.66. The number of aliphatic hydroxyl groups excluding tert-OH is 1. The quantitative estimate of drug-likeness (QED) is 0.217. The van der Waals surface area contributed by atoms with Crippen molar-refractivity contribution in [1.82, 2.24) is 9.97 Å². The molecule has 1 atom stereocenters. The van der Waals surface area contributed by atoms with Crippen molar-refractivity contribution in [3.05, 3.63) is 98.8 Å². The van der Waals surface area contributed by atoms with Gasteiger partial charge in [0.15, 0.2) is 0 Å². The van der Waals surface area contributed by atoms with Gasteiger partial charge in [0.25, 0.3) is 11.5 Å². The highest BCUT2D eigenvalue weighted by molar-refractivity contribution is 6.51. The third kappa shape index (κ3) is 3.62. The molecular formula is C21H13ClN4O5. The molecule has 1 amide bonds. The second-order valence-electron chi connectivity index (χ2n) is 6.57. The van der Waals surface area contributed by atoms with Crippen molar-refractivity contribution in [1.29, 1.82) is 0 Å². The van der Waals surface area contributed by atoms with Gasteiger partial charge in [0.1, 0.15) is 5.76 Å². The number of halogens is 1. The number of nitrogens with zero attached hydrogens (tertiary/aromatic N) is 4. The number of carbonyl (C=O) groups is 2. The largest absolute Gasteiger partial charge is 0.507 e. The lowest BCUT2D eigenvalue weighted by Crippen LogP contribution is -2.31. The van der Waals surface area contributed by atoms with Crippen LogP contribution in [0.4, 0.5) is 11.6 Å². The third-order valence-corrected chi connectivity index (χ3v) is 5.00. The van der Waals surface area contributed by atoms with Crippen molar-refractivity contribution in [3.8, 4) is 0 Å². The molecule has 2 heterocycles. The molecule has 1 aliphatic heterocycles. The SMILES string of the molecule is O=C1C(=O)N(c2ncccn2)[C@H](c2ccc([N+](=O)[O-])cc2)C1=C(O)c1ccc(Cl)cc1. The molecule has 154 valence electrons. The van der Waals surface area contributed by atoms with Gasteiger partial charge in [-0.2, -0.15) is 0 Å². The van der Waals surface area contributed by atoms with Crippen molar-refractivity contribution in [3.63, 3.8) is 0 Å². The van der Waals surface area contributed by atoms with Gasteiger partial charge in [-0.05, 0) is 48.0 Å². The topological polar surface area (TPSA) is 127 Å². The van der Waals surface area contributed by atoms with Gasteiger partial charge in [-0.15, -0.1) is 0 Å². The molecule has 1 saturated heterocycles. The minimum Gasteiger partial charge on any atom is -0.507 e. The molecule has 0 spiro atoms. The number of amides is 1. The Morgan fingerprint density at radius 2 is 1.65 bits per heavy atom. The zero-order valence-electron chi connectivity index (χ0n) is 15.7. The highest BCUT2D eigenvalue weighted by Crippen LogP contribution is 2.41. The van der Waals surface area contributed by atoms with Crippen LogP contribution in [0, 0.1) is 10.1 Å². The molecule has 3 aromatic rings. The number of anilines is 1. The maximum absolute atomic E-state index is 12.9. The fraction of sp³-hybridized carbons (Fsp3) is 0.0476. The summed E-state index contributed by atoms with van der Waals surface area (Å²) in [6.45, 7) is 0. The molecule has 9 nitrogen and oxygen atoms in total. The summed E-state index contributed by atoms with van der Waals surface area (Å²) < 4.78 is 0. The first-order valence-electron chi connectivity index (χ1n) is 8.97. The molecule has 1 aliphatic rings. The summed E-state index contributed by atoms with van der Waals surface area (Å²) in [6, 6.07) is 11.9. The molecule has 2 aromatic carbocycles. The Morgan fingerprint density at radius 3 is 2.23 bits per heavy atom. The first-order chi connectivity index (χ1) is 14.9. The van der Waals surface area contributed by atoms with Crippen LogP contribution >= 0.6 is 11.6 Å². The average molecular weight is 437 g/mol. The fourth-order valence-corrected chi connectivity index (χ4v) is 3.44. The molecule has 31 heavy (non-hydrogen) atoms. The Kier molecular flexibility index (Phi) is 5.18. The molecule has 0 radical (unpaired) electrons. The van der Waals surface area contributed by atoms with Gasteiger partial charge in [-0.1, -0.05) is 11.6 Å². The number of hydrogen-bond donors (Lipinski definition) is 1. The minimum atomic E-state index is -1.08. The van der Waals surface area contributed by atoms with E-state index in [0.29, 0.717) is 10.6 Å². The Morgan fingerprint density at radius 1 is 1.03 bits per heavy atom. The Labute approximate surface area is 180 Å². The molecule has 0 aliphatic carbocycles. The molecule has 0 saturated carbocycles. The van der Waals surface area contributed by atoms with E-state index in [1.165, 1.54) is 60.9 Å². The maximum atomic E-state index is 12.9. The zero-order valence-corrected chi connectivity index (χ0v) is 16.4. The van der Waals surface area contributed by atoms with Crippen molar-refractivity contribution in [2.45, 2.75) is 6.04 Å². The third-order valence-electron chi connectivity index (χ3n) is 4.75. The lowest BCUT2D eigenvalue weighted by molar-refractivity contribution is -0.384. The van der Waals surface area contributed by atoms with Crippen molar-refractivity contribution in [2.24, 2.45) is 0 Å². The Bertz CT molecular complexity index is 1210. The number of rotatable bonds is 4. The smallest absolute Gasteiger partial charge is 0.302 e. The number of nitro groups is 1. The summed E-state index contributed by atoms with van der Waals surface area (Å²) in [5, 5.41) is 22.4. The lowest BCUT2D eigenvalue weighted by atomic mass is 9.95. The summed E-state index contributed by atoms with van der Waals surface area (Å²) in [5.41, 5.74) is 0.305. The highest BCUT2D eigenvalue weighted by atomic mass is 35.5. The van der Waals surface area contributed by atoms with Gasteiger partial charge in [-0.3, -0.25) is 24.6 Å². The van der Waals surface area contributed by atoms with Gasteiger partial charge in [0.2, 0.25) is 5.95 Å². The van der Waals surface area contributed by atoms with E-state index in [1.807, 2.05) is 0 Å². The van der Waals surface area contributed by atoms with Crippen LogP contribution in [0.25, 0.3) is 5.76 Å². The second kappa shape index (κ2) is 7.96. The number of nitro benzene ring substituents is 1. The zero-order chi connectivity index (χ0) is 22.1. The first kappa shape index (κ1) is 20.2. The van der Waals surface area contributed by atoms with E-state index < -0.39 is 28.4 Å². The maximum Gasteiger partial charge on any atom is 0.302 e. The number of aromatic nitrogens is 2. The van der Waals surface area contributed by atoms with Gasteiger partial charge in [-0.25, -0.2) is 9.97 Å². The summed E-state index contributed by atoms with van der Waals surface area (Å²) in [5.74, 6) is -2.30. The van der Waals surface area contributed by atoms with Crippen LogP contribution in [0.5, 0.6) is 0 Å². The van der Waals surface area contributed by atoms with Crippen molar-refractivity contribution >= 4 is 40.7 Å². The van der Waals surface area contributed by atoms with Crippen molar-refractivity contribution < 1.29 is 19.6 Å². The molecule has 1 N–H and O–H groups in total. The van der Waals surface area contributed by atoms with E-state index in [-0.39, 0.29) is 22.8 Å². The predicted molar refractivity (Wildman–Crippen MR) is 111 cm³/mol. The second-order valence-corrected chi connectivity index (χ2v) is 7.01. The van der Waals surface area contributed by atoms with Gasteiger partial charge in [0.05, 0.1) is 16.5 Å². The standard InChI is InChI=1S/C21H13ClN4O5/c22-14-6-2-13(3-7-14)18(27)16-17(12-4-8-15(9-5-12)26(30)31)25(20(29)19(16)28)21-23-10-1-11-24-21/h1-11,17,27H/t17-/m1/s1. The first-order valence-corrected chi connectivity index (χ1v) is 9.34. The van der Waals surface area contributed by atoms with Gasteiger partial charge >= 0.3 is 5.91 Å². The molecule has 10 heteroatoms. The summed E-state index contributed by atoms with van der Waals surface area (Å²) in [7, 11) is 0. The van der Waals surface area contributed by atoms with Gasteiger partial charge in [0, 0.05) is 35.1 Å². The van der Waals surface area contributed by atoms with Crippen LogP contribution in [-0.2, 0) is 9.59 Å². The minimum absolute atomic E-state index is 0.0388. The van der Waals surface area contributed by atoms with Crippen LogP contribution in [0.2, 0.25) is 5.02 Å². The van der Waals surface area contributed by atoms with Gasteiger partial charge < -0.3 is 5.11 Å². The van der Waals surface area contributed by atoms with E-state index in [2.05, 4.69) is 9.97 Å². The van der Waals surface area contributed by atoms with E-state index in [9.17, 15) is 24.8 Å². The molecule has 1 fully saturated rings. The summed E-state index contributed by atoms with van der Waals surface area (Å²) in [6.07, 6.45) is 2.82. The molecule has 0 unspecified atom stereocenters. The molecule has 0 bridgehead atoms. The lowest BCUT2D eigenvalue weighted by Gasteiger charge is -2.23. The number of non-ortho nitro benzene ring substituents is 1. The number of ketones is 1. The number of hydrogen-bond acceptors (Lipinski definition) is 7. The Balaban J connectivity index is 1.92. The molecule has 4 rings (SSSR count). The van der Waals surface area contributed by atoms with Crippen LogP contribution in [0.3, 0.4) is 0 Å². The Hall–Kier alpha value is -4.11. The van der Waals surface area contributed by atoms with E-state index in [4.69, 9.17) is 11.6 Å². The fourth-order valence-electron chi connectivity index (χ4n) is 3.31. The normalized spacial score (nSPS) is 17.7. The van der Waals surface area contributed by atoms with Crippen molar-refractivity contribution in [2.75, 3.05) is 4.90 Å².